The average molecular weight is 475 g/mol. The van der Waals surface area contributed by atoms with Gasteiger partial charge in [-0.2, -0.15) is 5.10 Å². The minimum Gasteiger partial charge on any atom is -0.349 e. The Morgan fingerprint density at radius 3 is 2.40 bits per heavy atom. The summed E-state index contributed by atoms with van der Waals surface area (Å²) in [7, 11) is 0. The molecular formula is C27H34N6O2. The van der Waals surface area contributed by atoms with Crippen LogP contribution in [0.5, 0.6) is 0 Å². The van der Waals surface area contributed by atoms with E-state index in [1.165, 1.54) is 0 Å². The van der Waals surface area contributed by atoms with E-state index in [-0.39, 0.29) is 23.4 Å². The number of carbonyl (C=O) groups excluding carboxylic acids is 2. The second kappa shape index (κ2) is 10.7. The molecule has 0 atom stereocenters. The van der Waals surface area contributed by atoms with E-state index in [0.717, 1.165) is 38.2 Å². The summed E-state index contributed by atoms with van der Waals surface area (Å²) in [5.41, 5.74) is 2.87. The Hall–Kier alpha value is -3.65. The molecule has 2 aromatic carbocycles. The molecule has 1 fully saturated rings. The molecule has 3 aromatic rings. The number of urea groups is 1. The normalized spacial score (nSPS) is 14.9. The first kappa shape index (κ1) is 24.5. The Morgan fingerprint density at radius 2 is 1.69 bits per heavy atom. The molecule has 35 heavy (non-hydrogen) atoms. The molecule has 2 heterocycles. The standard InChI is InChI=1S/C27H34N6O2/c1-27(2,3)19-32-14-12-22(13-15-32)29-25(34)20-8-7-11-24(16-20)33-18-23(17-28-33)31-26(35)30-21-9-5-4-6-10-21/h4-11,16-18,22H,12-15,19H2,1-3H3,(H,29,34)(H2,30,31,35). The van der Waals surface area contributed by atoms with Gasteiger partial charge >= 0.3 is 6.03 Å². The largest absolute Gasteiger partial charge is 0.349 e. The van der Waals surface area contributed by atoms with Crippen LogP contribution >= 0.6 is 0 Å². The van der Waals surface area contributed by atoms with Gasteiger partial charge in [0.2, 0.25) is 0 Å². The minimum atomic E-state index is -0.350. The molecular weight excluding hydrogens is 440 g/mol. The Bertz CT molecular complexity index is 1140. The Kier molecular flexibility index (Phi) is 7.51. The first-order valence-corrected chi connectivity index (χ1v) is 12.1. The van der Waals surface area contributed by atoms with Crippen LogP contribution in [0.3, 0.4) is 0 Å². The van der Waals surface area contributed by atoms with Crippen LogP contribution in [-0.4, -0.2) is 52.3 Å². The van der Waals surface area contributed by atoms with Gasteiger partial charge in [0.25, 0.3) is 5.91 Å². The van der Waals surface area contributed by atoms with E-state index in [9.17, 15) is 9.59 Å². The number of piperidine rings is 1. The van der Waals surface area contributed by atoms with Crippen LogP contribution in [0.4, 0.5) is 16.2 Å². The van der Waals surface area contributed by atoms with Gasteiger partial charge in [-0.15, -0.1) is 0 Å². The fourth-order valence-corrected chi connectivity index (χ4v) is 4.31. The summed E-state index contributed by atoms with van der Waals surface area (Å²) in [6.45, 7) is 9.85. The molecule has 0 aliphatic carbocycles. The van der Waals surface area contributed by atoms with E-state index in [2.05, 4.69) is 46.7 Å². The number of anilines is 2. The number of likely N-dealkylation sites (tertiary alicyclic amines) is 1. The number of benzene rings is 2. The fourth-order valence-electron chi connectivity index (χ4n) is 4.31. The van der Waals surface area contributed by atoms with Crippen molar-refractivity contribution in [2.24, 2.45) is 5.41 Å². The van der Waals surface area contributed by atoms with Crippen molar-refractivity contribution in [2.45, 2.75) is 39.7 Å². The molecule has 1 aliphatic rings. The van der Waals surface area contributed by atoms with E-state index < -0.39 is 0 Å². The quantitative estimate of drug-likeness (QED) is 0.481. The summed E-state index contributed by atoms with van der Waals surface area (Å²) in [5.74, 6) is -0.0751. The molecule has 0 unspecified atom stereocenters. The SMILES string of the molecule is CC(C)(C)CN1CCC(NC(=O)c2cccc(-n3cc(NC(=O)Nc4ccccc4)cn3)c2)CC1. The molecule has 0 radical (unpaired) electrons. The molecule has 8 nitrogen and oxygen atoms in total. The summed E-state index contributed by atoms with van der Waals surface area (Å²) in [6, 6.07) is 16.4. The van der Waals surface area contributed by atoms with E-state index in [1.54, 1.807) is 17.1 Å². The Morgan fingerprint density at radius 1 is 0.971 bits per heavy atom. The van der Waals surface area contributed by atoms with Crippen molar-refractivity contribution in [3.05, 3.63) is 72.6 Å². The molecule has 1 saturated heterocycles. The zero-order chi connectivity index (χ0) is 24.8. The van der Waals surface area contributed by atoms with Crippen molar-refractivity contribution in [1.29, 1.82) is 0 Å². The lowest BCUT2D eigenvalue weighted by Crippen LogP contribution is -2.46. The highest BCUT2D eigenvalue weighted by molar-refractivity contribution is 5.99. The highest BCUT2D eigenvalue weighted by atomic mass is 16.2. The van der Waals surface area contributed by atoms with Crippen LogP contribution in [0, 0.1) is 5.41 Å². The maximum atomic E-state index is 12.9. The first-order valence-electron chi connectivity index (χ1n) is 12.1. The molecule has 0 spiro atoms. The maximum absolute atomic E-state index is 12.9. The Labute approximate surface area is 206 Å². The van der Waals surface area contributed by atoms with E-state index in [0.29, 0.717) is 16.9 Å². The lowest BCUT2D eigenvalue weighted by atomic mass is 9.94. The van der Waals surface area contributed by atoms with Gasteiger partial charge in [0.05, 0.1) is 23.8 Å². The van der Waals surface area contributed by atoms with Crippen molar-refractivity contribution in [3.63, 3.8) is 0 Å². The topological polar surface area (TPSA) is 91.3 Å². The highest BCUT2D eigenvalue weighted by Crippen LogP contribution is 2.20. The molecule has 1 aromatic heterocycles. The summed E-state index contributed by atoms with van der Waals surface area (Å²) in [4.78, 5) is 27.6. The molecule has 1 aliphatic heterocycles. The van der Waals surface area contributed by atoms with Crippen LogP contribution in [0.1, 0.15) is 44.0 Å². The molecule has 184 valence electrons. The number of nitrogens with one attached hydrogen (secondary N) is 3. The number of hydrogen-bond acceptors (Lipinski definition) is 4. The highest BCUT2D eigenvalue weighted by Gasteiger charge is 2.24. The van der Waals surface area contributed by atoms with Gasteiger partial charge in [0.15, 0.2) is 0 Å². The molecule has 3 N–H and O–H groups in total. The summed E-state index contributed by atoms with van der Waals surface area (Å²) in [5, 5.41) is 13.1. The third-order valence-electron chi connectivity index (χ3n) is 5.87. The summed E-state index contributed by atoms with van der Waals surface area (Å²) in [6.07, 6.45) is 5.21. The van der Waals surface area contributed by atoms with Crippen molar-refractivity contribution >= 4 is 23.3 Å². The molecule has 3 amide bonds. The van der Waals surface area contributed by atoms with Crippen LogP contribution in [-0.2, 0) is 0 Å². The Balaban J connectivity index is 1.32. The zero-order valence-electron chi connectivity index (χ0n) is 20.6. The molecule has 0 bridgehead atoms. The van der Waals surface area contributed by atoms with E-state index >= 15 is 0 Å². The van der Waals surface area contributed by atoms with Crippen molar-refractivity contribution < 1.29 is 9.59 Å². The number of hydrogen-bond donors (Lipinski definition) is 3. The predicted octanol–water partition coefficient (Wildman–Crippen LogP) is 4.76. The predicted molar refractivity (Wildman–Crippen MR) is 139 cm³/mol. The number of amides is 3. The summed E-state index contributed by atoms with van der Waals surface area (Å²) >= 11 is 0. The van der Waals surface area contributed by atoms with Crippen LogP contribution < -0.4 is 16.0 Å². The number of para-hydroxylation sites is 1. The van der Waals surface area contributed by atoms with Gasteiger partial charge < -0.3 is 20.9 Å². The number of aromatic nitrogens is 2. The van der Waals surface area contributed by atoms with E-state index in [1.807, 2.05) is 54.6 Å². The smallest absolute Gasteiger partial charge is 0.323 e. The van der Waals surface area contributed by atoms with Crippen LogP contribution in [0.2, 0.25) is 0 Å². The maximum Gasteiger partial charge on any atom is 0.323 e. The van der Waals surface area contributed by atoms with Gasteiger partial charge in [-0.05, 0) is 48.6 Å². The third kappa shape index (κ3) is 7.16. The molecule has 0 saturated carbocycles. The zero-order valence-corrected chi connectivity index (χ0v) is 20.6. The monoisotopic (exact) mass is 474 g/mol. The second-order valence-corrected chi connectivity index (χ2v) is 10.3. The van der Waals surface area contributed by atoms with Gasteiger partial charge in [0, 0.05) is 36.9 Å². The van der Waals surface area contributed by atoms with Gasteiger partial charge in [0.1, 0.15) is 0 Å². The fraction of sp³-hybridized carbons (Fsp3) is 0.370. The van der Waals surface area contributed by atoms with Crippen molar-refractivity contribution in [2.75, 3.05) is 30.3 Å². The van der Waals surface area contributed by atoms with Crippen LogP contribution in [0.15, 0.2) is 67.0 Å². The van der Waals surface area contributed by atoms with Crippen LogP contribution in [0.25, 0.3) is 5.69 Å². The average Bonchev–Trinajstić information content (AvgIpc) is 3.28. The third-order valence-corrected chi connectivity index (χ3v) is 5.87. The van der Waals surface area contributed by atoms with Crippen molar-refractivity contribution in [3.8, 4) is 5.69 Å². The number of carbonyl (C=O) groups is 2. The molecule has 8 heteroatoms. The minimum absolute atomic E-state index is 0.0751. The second-order valence-electron chi connectivity index (χ2n) is 10.3. The number of rotatable bonds is 6. The van der Waals surface area contributed by atoms with Crippen molar-refractivity contribution in [1.82, 2.24) is 20.0 Å². The number of nitrogens with zero attached hydrogens (tertiary/aromatic N) is 3. The lowest BCUT2D eigenvalue weighted by Gasteiger charge is -2.36. The van der Waals surface area contributed by atoms with Gasteiger partial charge in [-0.25, -0.2) is 9.48 Å². The van der Waals surface area contributed by atoms with Gasteiger partial charge in [-0.3, -0.25) is 4.79 Å². The summed E-state index contributed by atoms with van der Waals surface area (Å²) < 4.78 is 1.64. The lowest BCUT2D eigenvalue weighted by molar-refractivity contribution is 0.0895. The first-order chi connectivity index (χ1) is 16.7. The van der Waals surface area contributed by atoms with Gasteiger partial charge in [-0.1, -0.05) is 45.0 Å². The van der Waals surface area contributed by atoms with E-state index in [4.69, 9.17) is 0 Å². The molecule has 4 rings (SSSR count).